The average Bonchev–Trinajstić information content (AvgIpc) is 2.13. The Morgan fingerprint density at radius 1 is 1.27 bits per heavy atom. The van der Waals surface area contributed by atoms with Crippen LogP contribution in [0.1, 0.15) is 31.6 Å². The SMILES string of the molecule is CC(C)SC(c1cccc(Br)c1)C(C)N. The molecule has 1 aromatic carbocycles. The van der Waals surface area contributed by atoms with E-state index in [0.717, 1.165) is 4.47 Å². The molecule has 0 aliphatic carbocycles. The molecule has 1 aromatic rings. The minimum atomic E-state index is 0.173. The second kappa shape index (κ2) is 5.92. The zero-order chi connectivity index (χ0) is 11.4. The van der Waals surface area contributed by atoms with Crippen molar-refractivity contribution in [1.82, 2.24) is 0 Å². The number of hydrogen-bond donors (Lipinski definition) is 1. The van der Waals surface area contributed by atoms with E-state index in [-0.39, 0.29) is 6.04 Å². The highest BCUT2D eigenvalue weighted by Crippen LogP contribution is 2.35. The van der Waals surface area contributed by atoms with E-state index in [4.69, 9.17) is 5.73 Å². The fourth-order valence-electron chi connectivity index (χ4n) is 1.48. The molecule has 0 bridgehead atoms. The van der Waals surface area contributed by atoms with Gasteiger partial charge in [0.1, 0.15) is 0 Å². The number of nitrogens with two attached hydrogens (primary N) is 1. The summed E-state index contributed by atoms with van der Waals surface area (Å²) in [7, 11) is 0. The predicted molar refractivity (Wildman–Crippen MR) is 73.3 cm³/mol. The van der Waals surface area contributed by atoms with Gasteiger partial charge in [-0.2, -0.15) is 0 Å². The lowest BCUT2D eigenvalue weighted by molar-refractivity contribution is 0.718. The van der Waals surface area contributed by atoms with Crippen molar-refractivity contribution in [3.8, 4) is 0 Å². The van der Waals surface area contributed by atoms with E-state index in [2.05, 4.69) is 54.9 Å². The second-order valence-corrected chi connectivity index (χ2v) is 6.66. The highest BCUT2D eigenvalue weighted by molar-refractivity contribution is 9.10. The molecule has 0 spiro atoms. The van der Waals surface area contributed by atoms with Crippen molar-refractivity contribution in [2.24, 2.45) is 5.73 Å². The van der Waals surface area contributed by atoms with Crippen LogP contribution in [0.4, 0.5) is 0 Å². The van der Waals surface area contributed by atoms with Gasteiger partial charge in [0.05, 0.1) is 0 Å². The van der Waals surface area contributed by atoms with Crippen molar-refractivity contribution in [3.05, 3.63) is 34.3 Å². The molecule has 0 saturated heterocycles. The molecule has 0 heterocycles. The molecule has 0 aromatic heterocycles. The van der Waals surface area contributed by atoms with Crippen LogP contribution in [0.3, 0.4) is 0 Å². The monoisotopic (exact) mass is 287 g/mol. The lowest BCUT2D eigenvalue weighted by Gasteiger charge is -2.23. The maximum Gasteiger partial charge on any atom is 0.0448 e. The highest BCUT2D eigenvalue weighted by atomic mass is 79.9. The van der Waals surface area contributed by atoms with Gasteiger partial charge in [-0.15, -0.1) is 11.8 Å². The molecule has 2 unspecified atom stereocenters. The van der Waals surface area contributed by atoms with E-state index in [1.54, 1.807) is 0 Å². The largest absolute Gasteiger partial charge is 0.327 e. The van der Waals surface area contributed by atoms with E-state index >= 15 is 0 Å². The van der Waals surface area contributed by atoms with Crippen molar-refractivity contribution < 1.29 is 0 Å². The van der Waals surface area contributed by atoms with E-state index < -0.39 is 0 Å². The molecule has 1 nitrogen and oxygen atoms in total. The standard InChI is InChI=1S/C12H18BrNS/c1-8(2)15-12(9(3)14)10-5-4-6-11(13)7-10/h4-9,12H,14H2,1-3H3. The van der Waals surface area contributed by atoms with Crippen LogP contribution in [0.25, 0.3) is 0 Å². The first kappa shape index (κ1) is 13.1. The first-order valence-electron chi connectivity index (χ1n) is 5.17. The summed E-state index contributed by atoms with van der Waals surface area (Å²) in [4.78, 5) is 0. The Balaban J connectivity index is 2.88. The Morgan fingerprint density at radius 2 is 1.93 bits per heavy atom. The molecule has 15 heavy (non-hydrogen) atoms. The van der Waals surface area contributed by atoms with Crippen LogP contribution in [0.2, 0.25) is 0 Å². The second-order valence-electron chi connectivity index (χ2n) is 4.02. The molecule has 0 amide bonds. The van der Waals surface area contributed by atoms with Crippen LogP contribution < -0.4 is 5.73 Å². The quantitative estimate of drug-likeness (QED) is 0.907. The van der Waals surface area contributed by atoms with Gasteiger partial charge in [0.25, 0.3) is 0 Å². The molecule has 0 aliphatic heterocycles. The first-order valence-corrected chi connectivity index (χ1v) is 6.90. The molecule has 0 radical (unpaired) electrons. The van der Waals surface area contributed by atoms with Gasteiger partial charge in [0.2, 0.25) is 0 Å². The summed E-state index contributed by atoms with van der Waals surface area (Å²) in [5.74, 6) is 0. The van der Waals surface area contributed by atoms with Crippen molar-refractivity contribution in [3.63, 3.8) is 0 Å². The summed E-state index contributed by atoms with van der Waals surface area (Å²) in [5.41, 5.74) is 7.33. The normalized spacial score (nSPS) is 15.3. The van der Waals surface area contributed by atoms with Crippen LogP contribution in [-0.2, 0) is 0 Å². The van der Waals surface area contributed by atoms with Crippen molar-refractivity contribution in [2.45, 2.75) is 37.3 Å². The van der Waals surface area contributed by atoms with Crippen LogP contribution >= 0.6 is 27.7 Å². The first-order chi connectivity index (χ1) is 7.00. The zero-order valence-electron chi connectivity index (χ0n) is 9.41. The number of benzene rings is 1. The van der Waals surface area contributed by atoms with Gasteiger partial charge in [-0.1, -0.05) is 41.9 Å². The third kappa shape index (κ3) is 4.17. The Bertz CT molecular complexity index is 312. The average molecular weight is 288 g/mol. The molecule has 1 rings (SSSR count). The van der Waals surface area contributed by atoms with E-state index in [1.165, 1.54) is 5.56 Å². The van der Waals surface area contributed by atoms with Crippen LogP contribution in [0, 0.1) is 0 Å². The fourth-order valence-corrected chi connectivity index (χ4v) is 3.04. The van der Waals surface area contributed by atoms with Crippen molar-refractivity contribution in [2.75, 3.05) is 0 Å². The fraction of sp³-hybridized carbons (Fsp3) is 0.500. The number of rotatable bonds is 4. The van der Waals surface area contributed by atoms with Crippen LogP contribution in [-0.4, -0.2) is 11.3 Å². The van der Waals surface area contributed by atoms with E-state index in [9.17, 15) is 0 Å². The molecular weight excluding hydrogens is 270 g/mol. The summed E-state index contributed by atoms with van der Waals surface area (Å²) in [6, 6.07) is 8.58. The van der Waals surface area contributed by atoms with Gasteiger partial charge >= 0.3 is 0 Å². The summed E-state index contributed by atoms with van der Waals surface area (Å²) in [6.45, 7) is 6.48. The van der Waals surface area contributed by atoms with Crippen LogP contribution in [0.5, 0.6) is 0 Å². The molecular formula is C12H18BrNS. The van der Waals surface area contributed by atoms with Crippen LogP contribution in [0.15, 0.2) is 28.7 Å². The van der Waals surface area contributed by atoms with Gasteiger partial charge in [-0.3, -0.25) is 0 Å². The molecule has 2 atom stereocenters. The van der Waals surface area contributed by atoms with Gasteiger partial charge in [-0.25, -0.2) is 0 Å². The predicted octanol–water partition coefficient (Wildman–Crippen LogP) is 3.98. The Labute approximate surface area is 105 Å². The maximum absolute atomic E-state index is 6.03. The molecule has 0 aliphatic rings. The summed E-state index contributed by atoms with van der Waals surface area (Å²) in [6.07, 6.45) is 0. The maximum atomic E-state index is 6.03. The summed E-state index contributed by atoms with van der Waals surface area (Å²) in [5, 5.41) is 0.975. The lowest BCUT2D eigenvalue weighted by Crippen LogP contribution is -2.23. The van der Waals surface area contributed by atoms with Gasteiger partial charge in [0, 0.05) is 15.8 Å². The molecule has 2 N–H and O–H groups in total. The minimum Gasteiger partial charge on any atom is -0.327 e. The van der Waals surface area contributed by atoms with Gasteiger partial charge < -0.3 is 5.73 Å². The Hall–Kier alpha value is 0.01000. The Morgan fingerprint density at radius 3 is 2.40 bits per heavy atom. The molecule has 0 fully saturated rings. The number of halogens is 1. The summed E-state index contributed by atoms with van der Waals surface area (Å²) < 4.78 is 1.12. The third-order valence-corrected chi connectivity index (χ3v) is 4.11. The molecule has 0 saturated carbocycles. The molecule has 3 heteroatoms. The third-order valence-electron chi connectivity index (χ3n) is 2.07. The topological polar surface area (TPSA) is 26.0 Å². The highest BCUT2D eigenvalue weighted by Gasteiger charge is 2.18. The number of thioether (sulfide) groups is 1. The van der Waals surface area contributed by atoms with Gasteiger partial charge in [0.15, 0.2) is 0 Å². The summed E-state index contributed by atoms with van der Waals surface area (Å²) >= 11 is 5.42. The lowest BCUT2D eigenvalue weighted by atomic mass is 10.1. The number of hydrogen-bond acceptors (Lipinski definition) is 2. The van der Waals surface area contributed by atoms with E-state index in [1.807, 2.05) is 17.8 Å². The smallest absolute Gasteiger partial charge is 0.0448 e. The minimum absolute atomic E-state index is 0.173. The van der Waals surface area contributed by atoms with Crippen molar-refractivity contribution >= 4 is 27.7 Å². The van der Waals surface area contributed by atoms with Gasteiger partial charge in [-0.05, 0) is 29.9 Å². The zero-order valence-corrected chi connectivity index (χ0v) is 11.8. The molecule has 84 valence electrons. The Kier molecular flexibility index (Phi) is 5.16. The van der Waals surface area contributed by atoms with Crippen molar-refractivity contribution in [1.29, 1.82) is 0 Å². The van der Waals surface area contributed by atoms with E-state index in [0.29, 0.717) is 10.5 Å².